The molecule has 0 heterocycles. The number of hydrogen-bond donors (Lipinski definition) is 1. The Morgan fingerprint density at radius 1 is 1.31 bits per heavy atom. The number of nitrogens with two attached hydrogens (primary N) is 1. The van der Waals surface area contributed by atoms with Gasteiger partial charge in [-0.2, -0.15) is 0 Å². The maximum atomic E-state index is 11.4. The molecule has 0 bridgehead atoms. The lowest BCUT2D eigenvalue weighted by Gasteiger charge is -2.16. The Kier molecular flexibility index (Phi) is 9.24. The molecule has 0 saturated carbocycles. The fraction of sp³-hybridized carbons (Fsp3) is 0.917. The molecular formula is C12H25NO3. The van der Waals surface area contributed by atoms with Crippen LogP contribution in [-0.2, 0) is 14.3 Å². The van der Waals surface area contributed by atoms with Gasteiger partial charge in [0.1, 0.15) is 6.04 Å². The van der Waals surface area contributed by atoms with E-state index in [9.17, 15) is 4.79 Å². The summed E-state index contributed by atoms with van der Waals surface area (Å²) in [6.07, 6.45) is 4.50. The maximum absolute atomic E-state index is 11.4. The molecule has 0 aliphatic carbocycles. The molecule has 0 spiro atoms. The summed E-state index contributed by atoms with van der Waals surface area (Å²) in [6, 6.07) is -0.659. The molecule has 0 fully saturated rings. The zero-order valence-corrected chi connectivity index (χ0v) is 10.7. The Morgan fingerprint density at radius 2 is 2.00 bits per heavy atom. The average Bonchev–Trinajstić information content (AvgIpc) is 2.29. The van der Waals surface area contributed by atoms with Crippen LogP contribution in [0, 0.1) is 5.92 Å². The van der Waals surface area contributed by atoms with Gasteiger partial charge < -0.3 is 15.2 Å². The number of carbonyl (C=O) groups is 1. The minimum absolute atomic E-state index is 0.213. The summed E-state index contributed by atoms with van der Waals surface area (Å²) in [6.45, 7) is 4.97. The molecule has 2 atom stereocenters. The van der Waals surface area contributed by atoms with Gasteiger partial charge in [0.05, 0.1) is 13.2 Å². The predicted octanol–water partition coefficient (Wildman–Crippen LogP) is 1.72. The van der Waals surface area contributed by atoms with Gasteiger partial charge in [-0.1, -0.05) is 33.1 Å². The van der Waals surface area contributed by atoms with E-state index >= 15 is 0 Å². The van der Waals surface area contributed by atoms with Crippen LogP contribution in [-0.4, -0.2) is 32.3 Å². The van der Waals surface area contributed by atoms with Crippen molar-refractivity contribution in [1.82, 2.24) is 0 Å². The minimum atomic E-state index is -0.659. The van der Waals surface area contributed by atoms with Crippen molar-refractivity contribution < 1.29 is 14.3 Å². The van der Waals surface area contributed by atoms with Crippen LogP contribution in [0.15, 0.2) is 0 Å². The summed E-state index contributed by atoms with van der Waals surface area (Å²) < 4.78 is 9.96. The predicted molar refractivity (Wildman–Crippen MR) is 64.1 cm³/mol. The van der Waals surface area contributed by atoms with Crippen molar-refractivity contribution in [3.8, 4) is 0 Å². The third-order valence-electron chi connectivity index (χ3n) is 2.65. The van der Waals surface area contributed by atoms with E-state index in [2.05, 4.69) is 13.8 Å². The van der Waals surface area contributed by atoms with Gasteiger partial charge in [-0.05, 0) is 12.3 Å². The molecular weight excluding hydrogens is 206 g/mol. The molecule has 2 unspecified atom stereocenters. The second-order valence-electron chi connectivity index (χ2n) is 4.11. The Bertz CT molecular complexity index is 185. The highest BCUT2D eigenvalue weighted by Gasteiger charge is 2.16. The van der Waals surface area contributed by atoms with Crippen LogP contribution in [0.4, 0.5) is 0 Å². The third kappa shape index (κ3) is 6.80. The number of ether oxygens (including phenoxy) is 2. The second kappa shape index (κ2) is 9.60. The highest BCUT2D eigenvalue weighted by atomic mass is 16.5. The van der Waals surface area contributed by atoms with Gasteiger partial charge in [-0.3, -0.25) is 4.79 Å². The van der Waals surface area contributed by atoms with Crippen LogP contribution >= 0.6 is 0 Å². The van der Waals surface area contributed by atoms with Crippen LogP contribution in [0.25, 0.3) is 0 Å². The van der Waals surface area contributed by atoms with E-state index in [-0.39, 0.29) is 12.6 Å². The highest BCUT2D eigenvalue weighted by molar-refractivity contribution is 5.75. The SMILES string of the molecule is CCCCC(CC)COC(=O)C(N)COC. The van der Waals surface area contributed by atoms with E-state index in [1.54, 1.807) is 0 Å². The minimum Gasteiger partial charge on any atom is -0.464 e. The molecule has 0 saturated heterocycles. The molecule has 4 heteroatoms. The number of methoxy groups -OCH3 is 1. The molecule has 0 radical (unpaired) electrons. The van der Waals surface area contributed by atoms with Crippen molar-refractivity contribution in [3.05, 3.63) is 0 Å². The Morgan fingerprint density at radius 3 is 2.50 bits per heavy atom. The van der Waals surface area contributed by atoms with Crippen molar-refractivity contribution >= 4 is 5.97 Å². The largest absolute Gasteiger partial charge is 0.464 e. The zero-order chi connectivity index (χ0) is 12.4. The van der Waals surface area contributed by atoms with Crippen LogP contribution in [0.3, 0.4) is 0 Å². The van der Waals surface area contributed by atoms with Crippen molar-refractivity contribution in [2.24, 2.45) is 11.7 Å². The molecule has 0 aromatic carbocycles. The zero-order valence-electron chi connectivity index (χ0n) is 10.7. The molecule has 0 aromatic heterocycles. The first-order chi connectivity index (χ1) is 7.65. The van der Waals surface area contributed by atoms with Gasteiger partial charge >= 0.3 is 5.97 Å². The topological polar surface area (TPSA) is 61.5 Å². The summed E-state index contributed by atoms with van der Waals surface area (Å²) >= 11 is 0. The van der Waals surface area contributed by atoms with Gasteiger partial charge in [-0.15, -0.1) is 0 Å². The normalized spacial score (nSPS) is 14.5. The van der Waals surface area contributed by atoms with Crippen molar-refractivity contribution in [1.29, 1.82) is 0 Å². The van der Waals surface area contributed by atoms with E-state index < -0.39 is 6.04 Å². The number of hydrogen-bond acceptors (Lipinski definition) is 4. The molecule has 0 aliphatic rings. The van der Waals surface area contributed by atoms with Gasteiger partial charge in [-0.25, -0.2) is 0 Å². The summed E-state index contributed by atoms with van der Waals surface area (Å²) in [5.41, 5.74) is 5.56. The maximum Gasteiger partial charge on any atom is 0.325 e. The summed E-state index contributed by atoms with van der Waals surface area (Å²) in [7, 11) is 1.52. The van der Waals surface area contributed by atoms with E-state index in [4.69, 9.17) is 15.2 Å². The Labute approximate surface area is 98.5 Å². The lowest BCUT2D eigenvalue weighted by atomic mass is 10.0. The quantitative estimate of drug-likeness (QED) is 0.614. The molecule has 0 aromatic rings. The molecule has 4 nitrogen and oxygen atoms in total. The van der Waals surface area contributed by atoms with E-state index in [1.165, 1.54) is 20.0 Å². The molecule has 0 amide bonds. The first-order valence-electron chi connectivity index (χ1n) is 6.06. The van der Waals surface area contributed by atoms with E-state index in [0.29, 0.717) is 12.5 Å². The first kappa shape index (κ1) is 15.4. The first-order valence-corrected chi connectivity index (χ1v) is 6.06. The second-order valence-corrected chi connectivity index (χ2v) is 4.11. The number of unbranched alkanes of at least 4 members (excludes halogenated alkanes) is 1. The molecule has 2 N–H and O–H groups in total. The van der Waals surface area contributed by atoms with Crippen molar-refractivity contribution in [2.45, 2.75) is 45.6 Å². The van der Waals surface area contributed by atoms with E-state index in [1.807, 2.05) is 0 Å². The third-order valence-corrected chi connectivity index (χ3v) is 2.65. The lowest BCUT2D eigenvalue weighted by Crippen LogP contribution is -2.37. The fourth-order valence-electron chi connectivity index (χ4n) is 1.45. The van der Waals surface area contributed by atoms with Crippen LogP contribution in [0.5, 0.6) is 0 Å². The van der Waals surface area contributed by atoms with Gasteiger partial charge in [0, 0.05) is 7.11 Å². The summed E-state index contributed by atoms with van der Waals surface area (Å²) in [5.74, 6) is 0.0930. The van der Waals surface area contributed by atoms with Crippen LogP contribution < -0.4 is 5.73 Å². The lowest BCUT2D eigenvalue weighted by molar-refractivity contribution is -0.148. The molecule has 96 valence electrons. The Hall–Kier alpha value is -0.610. The Balaban J connectivity index is 3.78. The van der Waals surface area contributed by atoms with Gasteiger partial charge in [0.2, 0.25) is 0 Å². The highest BCUT2D eigenvalue weighted by Crippen LogP contribution is 2.12. The standard InChI is InChI=1S/C12H25NO3/c1-4-6-7-10(5-2)8-16-12(14)11(13)9-15-3/h10-11H,4-9,13H2,1-3H3. The van der Waals surface area contributed by atoms with Crippen molar-refractivity contribution in [3.63, 3.8) is 0 Å². The molecule has 0 rings (SSSR count). The fourth-order valence-corrected chi connectivity index (χ4v) is 1.45. The number of rotatable bonds is 9. The van der Waals surface area contributed by atoms with Gasteiger partial charge in [0.25, 0.3) is 0 Å². The molecule has 0 aliphatic heterocycles. The number of carbonyl (C=O) groups excluding carboxylic acids is 1. The van der Waals surface area contributed by atoms with Crippen LogP contribution in [0.1, 0.15) is 39.5 Å². The molecule has 16 heavy (non-hydrogen) atoms. The van der Waals surface area contributed by atoms with Gasteiger partial charge in [0.15, 0.2) is 0 Å². The van der Waals surface area contributed by atoms with E-state index in [0.717, 1.165) is 12.8 Å². The average molecular weight is 231 g/mol. The smallest absolute Gasteiger partial charge is 0.325 e. The van der Waals surface area contributed by atoms with Crippen LogP contribution in [0.2, 0.25) is 0 Å². The summed E-state index contributed by atoms with van der Waals surface area (Å²) in [5, 5.41) is 0. The summed E-state index contributed by atoms with van der Waals surface area (Å²) in [4.78, 5) is 11.4. The van der Waals surface area contributed by atoms with Crippen molar-refractivity contribution in [2.75, 3.05) is 20.3 Å². The monoisotopic (exact) mass is 231 g/mol. The number of esters is 1.